The number of hydrogen-bond donors (Lipinski definition) is 1. The van der Waals surface area contributed by atoms with Crippen molar-refractivity contribution in [3.8, 4) is 0 Å². The molecule has 0 amide bonds. The van der Waals surface area contributed by atoms with Crippen LogP contribution in [0.3, 0.4) is 0 Å². The molecule has 110 valence electrons. The summed E-state index contributed by atoms with van der Waals surface area (Å²) in [5.41, 5.74) is 3.08. The molecule has 0 fully saturated rings. The molecule has 5 heteroatoms. The molecule has 20 heavy (non-hydrogen) atoms. The maximum Gasteiger partial charge on any atom is 0.155 e. The summed E-state index contributed by atoms with van der Waals surface area (Å²) in [6.45, 7) is 8.38. The molecule has 4 nitrogen and oxygen atoms in total. The van der Waals surface area contributed by atoms with Gasteiger partial charge in [-0.2, -0.15) is 16.9 Å². The van der Waals surface area contributed by atoms with Gasteiger partial charge in [-0.15, -0.1) is 0 Å². The van der Waals surface area contributed by atoms with Crippen molar-refractivity contribution in [2.24, 2.45) is 0 Å². The fraction of sp³-hybridized carbons (Fsp3) is 0.600. The smallest absolute Gasteiger partial charge is 0.155 e. The second-order valence-electron chi connectivity index (χ2n) is 5.25. The summed E-state index contributed by atoms with van der Waals surface area (Å²) in [6, 6.07) is 1.99. The van der Waals surface area contributed by atoms with Gasteiger partial charge < -0.3 is 5.32 Å². The summed E-state index contributed by atoms with van der Waals surface area (Å²) in [5, 5.41) is 7.97. The number of rotatable bonds is 7. The average molecular weight is 292 g/mol. The Hall–Kier alpha value is -1.07. The van der Waals surface area contributed by atoms with Crippen LogP contribution in [0.15, 0.2) is 18.5 Å². The van der Waals surface area contributed by atoms with E-state index in [-0.39, 0.29) is 0 Å². The average Bonchev–Trinajstić information content (AvgIpc) is 2.83. The van der Waals surface area contributed by atoms with Gasteiger partial charge in [0.2, 0.25) is 0 Å². The topological polar surface area (TPSA) is 42.2 Å². The molecule has 0 atom stereocenters. The van der Waals surface area contributed by atoms with E-state index in [0.717, 1.165) is 24.4 Å². The predicted octanol–water partition coefficient (Wildman–Crippen LogP) is 3.05. The van der Waals surface area contributed by atoms with Gasteiger partial charge in [-0.3, -0.25) is 0 Å². The summed E-state index contributed by atoms with van der Waals surface area (Å²) in [5.74, 6) is 0. The van der Waals surface area contributed by atoms with E-state index in [9.17, 15) is 0 Å². The van der Waals surface area contributed by atoms with Crippen LogP contribution in [0.4, 0.5) is 0 Å². The highest BCUT2D eigenvalue weighted by atomic mass is 32.2. The molecule has 0 spiro atoms. The molecule has 2 rings (SSSR count). The largest absolute Gasteiger partial charge is 0.311 e. The zero-order valence-electron chi connectivity index (χ0n) is 12.8. The van der Waals surface area contributed by atoms with E-state index in [0.29, 0.717) is 4.75 Å². The molecule has 2 aromatic heterocycles. The maximum absolute atomic E-state index is 4.43. The molecule has 0 aliphatic carbocycles. The second-order valence-corrected chi connectivity index (χ2v) is 6.52. The summed E-state index contributed by atoms with van der Waals surface area (Å²) in [6.07, 6.45) is 8.57. The van der Waals surface area contributed by atoms with Crippen LogP contribution < -0.4 is 5.32 Å². The lowest BCUT2D eigenvalue weighted by Gasteiger charge is -2.30. The molecule has 0 saturated carbocycles. The molecular formula is C15H24N4S. The van der Waals surface area contributed by atoms with Gasteiger partial charge >= 0.3 is 0 Å². The first-order chi connectivity index (χ1) is 9.62. The molecule has 1 N–H and O–H groups in total. The quantitative estimate of drug-likeness (QED) is 0.851. The number of thioether (sulfide) groups is 1. The standard InChI is InChI=1S/C15H24N4S/c1-5-15(6-2,20-4)11-16-8-13-9-17-14-7-12(3)18-19(14)10-13/h7,9-10,16H,5-6,8,11H2,1-4H3. The van der Waals surface area contributed by atoms with Gasteiger partial charge in [0.05, 0.1) is 5.69 Å². The highest BCUT2D eigenvalue weighted by molar-refractivity contribution is 8.00. The van der Waals surface area contributed by atoms with Crippen LogP contribution in [-0.2, 0) is 6.54 Å². The number of hydrogen-bond acceptors (Lipinski definition) is 4. The third-order valence-electron chi connectivity index (χ3n) is 3.99. The second kappa shape index (κ2) is 6.59. The van der Waals surface area contributed by atoms with E-state index in [4.69, 9.17) is 0 Å². The van der Waals surface area contributed by atoms with Crippen molar-refractivity contribution in [3.05, 3.63) is 29.7 Å². The lowest BCUT2D eigenvalue weighted by atomic mass is 10.0. The molecule has 0 saturated heterocycles. The minimum absolute atomic E-state index is 0.347. The zero-order chi connectivity index (χ0) is 14.6. The molecule has 0 unspecified atom stereocenters. The van der Waals surface area contributed by atoms with Crippen molar-refractivity contribution in [2.45, 2.75) is 44.9 Å². The van der Waals surface area contributed by atoms with E-state index < -0.39 is 0 Å². The van der Waals surface area contributed by atoms with Gasteiger partial charge in [0.25, 0.3) is 0 Å². The van der Waals surface area contributed by atoms with Gasteiger partial charge in [0, 0.05) is 41.9 Å². The van der Waals surface area contributed by atoms with E-state index in [2.05, 4.69) is 41.7 Å². The zero-order valence-corrected chi connectivity index (χ0v) is 13.6. The third kappa shape index (κ3) is 3.33. The molecule has 0 aromatic carbocycles. The summed E-state index contributed by atoms with van der Waals surface area (Å²) in [7, 11) is 0. The van der Waals surface area contributed by atoms with Gasteiger partial charge in [0.1, 0.15) is 0 Å². The number of nitrogens with zero attached hydrogens (tertiary/aromatic N) is 3. The Morgan fingerprint density at radius 3 is 2.75 bits per heavy atom. The van der Waals surface area contributed by atoms with Crippen LogP contribution >= 0.6 is 11.8 Å². The number of fused-ring (bicyclic) bond motifs is 1. The van der Waals surface area contributed by atoms with Crippen molar-refractivity contribution in [1.82, 2.24) is 19.9 Å². The molecule has 0 aliphatic heterocycles. The first-order valence-electron chi connectivity index (χ1n) is 7.19. The van der Waals surface area contributed by atoms with Gasteiger partial charge in [-0.25, -0.2) is 9.50 Å². The van der Waals surface area contributed by atoms with Crippen LogP contribution in [-0.4, -0.2) is 32.1 Å². The van der Waals surface area contributed by atoms with Gasteiger partial charge in [-0.05, 0) is 26.0 Å². The minimum atomic E-state index is 0.347. The van der Waals surface area contributed by atoms with Crippen LogP contribution in [0.2, 0.25) is 0 Å². The van der Waals surface area contributed by atoms with E-state index in [1.165, 1.54) is 18.4 Å². The fourth-order valence-electron chi connectivity index (χ4n) is 2.42. The van der Waals surface area contributed by atoms with Gasteiger partial charge in [0.15, 0.2) is 5.65 Å². The van der Waals surface area contributed by atoms with Crippen LogP contribution in [0, 0.1) is 6.92 Å². The van der Waals surface area contributed by atoms with Crippen molar-refractivity contribution < 1.29 is 0 Å². The maximum atomic E-state index is 4.43. The SMILES string of the molecule is CCC(CC)(CNCc1cnc2cc(C)nn2c1)SC. The fourth-order valence-corrected chi connectivity index (χ4v) is 3.24. The van der Waals surface area contributed by atoms with E-state index in [1.807, 2.05) is 35.5 Å². The summed E-state index contributed by atoms with van der Waals surface area (Å²) >= 11 is 1.96. The van der Waals surface area contributed by atoms with Crippen LogP contribution in [0.5, 0.6) is 0 Å². The Morgan fingerprint density at radius 1 is 1.35 bits per heavy atom. The van der Waals surface area contributed by atoms with Crippen molar-refractivity contribution in [1.29, 1.82) is 0 Å². The number of nitrogens with one attached hydrogen (secondary N) is 1. The molecule has 0 bridgehead atoms. The molecule has 2 heterocycles. The Balaban J connectivity index is 1.98. The Morgan fingerprint density at radius 2 is 2.10 bits per heavy atom. The van der Waals surface area contributed by atoms with Crippen LogP contribution in [0.25, 0.3) is 5.65 Å². The van der Waals surface area contributed by atoms with Crippen LogP contribution in [0.1, 0.15) is 37.9 Å². The van der Waals surface area contributed by atoms with Gasteiger partial charge in [-0.1, -0.05) is 13.8 Å². The minimum Gasteiger partial charge on any atom is -0.311 e. The van der Waals surface area contributed by atoms with Crippen molar-refractivity contribution in [2.75, 3.05) is 12.8 Å². The normalized spacial score (nSPS) is 12.2. The predicted molar refractivity (Wildman–Crippen MR) is 86.3 cm³/mol. The summed E-state index contributed by atoms with van der Waals surface area (Å²) in [4.78, 5) is 4.43. The highest BCUT2D eigenvalue weighted by Gasteiger charge is 2.23. The lowest BCUT2D eigenvalue weighted by Crippen LogP contribution is -2.36. The Labute approximate surface area is 125 Å². The number of aryl methyl sites for hydroxylation is 1. The first-order valence-corrected chi connectivity index (χ1v) is 8.41. The van der Waals surface area contributed by atoms with Crippen molar-refractivity contribution in [3.63, 3.8) is 0 Å². The third-order valence-corrected chi connectivity index (χ3v) is 5.57. The summed E-state index contributed by atoms with van der Waals surface area (Å²) < 4.78 is 2.20. The highest BCUT2D eigenvalue weighted by Crippen LogP contribution is 2.29. The van der Waals surface area contributed by atoms with Crippen molar-refractivity contribution >= 4 is 17.4 Å². The lowest BCUT2D eigenvalue weighted by molar-refractivity contribution is 0.494. The number of aromatic nitrogens is 3. The molecule has 2 aromatic rings. The van der Waals surface area contributed by atoms with E-state index >= 15 is 0 Å². The Kier molecular flexibility index (Phi) is 5.05. The molecule has 0 aliphatic rings. The monoisotopic (exact) mass is 292 g/mol. The Bertz CT molecular complexity index is 552. The van der Waals surface area contributed by atoms with E-state index in [1.54, 1.807) is 0 Å². The first kappa shape index (κ1) is 15.3. The molecular weight excluding hydrogens is 268 g/mol. The molecule has 0 radical (unpaired) electrons.